The SMILES string of the molecule is C[Si](C)(C)C/C=C/c1ccncc1. The van der Waals surface area contributed by atoms with Gasteiger partial charge >= 0.3 is 0 Å². The second-order valence-electron chi connectivity index (χ2n) is 4.45. The summed E-state index contributed by atoms with van der Waals surface area (Å²) in [5.41, 5.74) is 1.24. The molecule has 0 bridgehead atoms. The van der Waals surface area contributed by atoms with Crippen molar-refractivity contribution in [3.63, 3.8) is 0 Å². The minimum absolute atomic E-state index is 0.914. The molecule has 0 unspecified atom stereocenters. The molecule has 0 atom stereocenters. The van der Waals surface area contributed by atoms with E-state index in [1.807, 2.05) is 24.5 Å². The third-order valence-electron chi connectivity index (χ3n) is 1.75. The maximum absolute atomic E-state index is 3.98. The van der Waals surface area contributed by atoms with Crippen molar-refractivity contribution in [2.45, 2.75) is 25.7 Å². The third-order valence-corrected chi connectivity index (χ3v) is 3.21. The van der Waals surface area contributed by atoms with E-state index in [2.05, 4.69) is 36.8 Å². The molecule has 0 spiro atoms. The molecule has 2 heteroatoms. The van der Waals surface area contributed by atoms with Gasteiger partial charge in [-0.1, -0.05) is 31.8 Å². The number of hydrogen-bond donors (Lipinski definition) is 0. The number of pyridine rings is 1. The molecule has 0 aliphatic heterocycles. The van der Waals surface area contributed by atoms with Crippen LogP contribution in [0.5, 0.6) is 0 Å². The summed E-state index contributed by atoms with van der Waals surface area (Å²) in [5.74, 6) is 0. The molecule has 0 amide bonds. The molecule has 0 N–H and O–H groups in total. The summed E-state index contributed by atoms with van der Waals surface area (Å²) in [6, 6.07) is 5.30. The van der Waals surface area contributed by atoms with Crippen LogP contribution >= 0.6 is 0 Å². The summed E-state index contributed by atoms with van der Waals surface area (Å²) >= 11 is 0. The zero-order valence-electron chi connectivity index (χ0n) is 8.62. The zero-order valence-corrected chi connectivity index (χ0v) is 9.62. The van der Waals surface area contributed by atoms with Gasteiger partial charge in [0.1, 0.15) is 0 Å². The van der Waals surface area contributed by atoms with Crippen molar-refractivity contribution in [1.82, 2.24) is 4.98 Å². The van der Waals surface area contributed by atoms with Crippen LogP contribution < -0.4 is 0 Å². The van der Waals surface area contributed by atoms with Gasteiger partial charge in [-0.05, 0) is 23.7 Å². The van der Waals surface area contributed by atoms with Crippen molar-refractivity contribution in [3.05, 3.63) is 36.2 Å². The fraction of sp³-hybridized carbons (Fsp3) is 0.364. The molecule has 1 aromatic heterocycles. The molecule has 13 heavy (non-hydrogen) atoms. The highest BCUT2D eigenvalue weighted by Crippen LogP contribution is 2.10. The van der Waals surface area contributed by atoms with Crippen LogP contribution in [0.3, 0.4) is 0 Å². The monoisotopic (exact) mass is 191 g/mol. The van der Waals surface area contributed by atoms with Gasteiger partial charge in [0.15, 0.2) is 0 Å². The maximum Gasteiger partial charge on any atom is 0.0480 e. The van der Waals surface area contributed by atoms with Crippen LogP contribution in [-0.4, -0.2) is 13.1 Å². The van der Waals surface area contributed by atoms with Gasteiger partial charge in [0, 0.05) is 20.5 Å². The third kappa shape index (κ3) is 4.63. The van der Waals surface area contributed by atoms with Gasteiger partial charge in [-0.25, -0.2) is 0 Å². The quantitative estimate of drug-likeness (QED) is 0.667. The molecule has 70 valence electrons. The Bertz CT molecular complexity index is 272. The van der Waals surface area contributed by atoms with E-state index in [1.54, 1.807) is 0 Å². The smallest absolute Gasteiger partial charge is 0.0480 e. The van der Waals surface area contributed by atoms with E-state index < -0.39 is 8.07 Å². The van der Waals surface area contributed by atoms with Crippen LogP contribution in [-0.2, 0) is 0 Å². The standard InChI is InChI=1S/C11H17NSi/c1-13(2,3)10-4-5-11-6-8-12-9-7-11/h4-9H,10H2,1-3H3/b5-4+. The van der Waals surface area contributed by atoms with Crippen LogP contribution in [0.4, 0.5) is 0 Å². The summed E-state index contributed by atoms with van der Waals surface area (Å²) in [7, 11) is -0.914. The Labute approximate surface area is 81.5 Å². The molecule has 0 aliphatic rings. The Morgan fingerprint density at radius 2 is 1.85 bits per heavy atom. The second-order valence-corrected chi connectivity index (χ2v) is 9.98. The highest BCUT2D eigenvalue weighted by Gasteiger charge is 2.09. The Kier molecular flexibility index (Phi) is 3.43. The first-order valence-corrected chi connectivity index (χ1v) is 8.35. The van der Waals surface area contributed by atoms with Crippen LogP contribution in [0.1, 0.15) is 5.56 Å². The molecular formula is C11H17NSi. The fourth-order valence-electron chi connectivity index (χ4n) is 1.02. The van der Waals surface area contributed by atoms with Gasteiger partial charge < -0.3 is 0 Å². The summed E-state index contributed by atoms with van der Waals surface area (Å²) in [4.78, 5) is 3.98. The van der Waals surface area contributed by atoms with Gasteiger partial charge in [-0.15, -0.1) is 0 Å². The lowest BCUT2D eigenvalue weighted by molar-refractivity contribution is 1.32. The molecular weight excluding hydrogens is 174 g/mol. The van der Waals surface area contributed by atoms with Crippen LogP contribution in [0.2, 0.25) is 25.7 Å². The first-order chi connectivity index (χ1) is 6.08. The highest BCUT2D eigenvalue weighted by molar-refractivity contribution is 6.76. The fourth-order valence-corrected chi connectivity index (χ4v) is 1.85. The van der Waals surface area contributed by atoms with Crippen LogP contribution in [0.15, 0.2) is 30.6 Å². The van der Waals surface area contributed by atoms with Crippen molar-refractivity contribution >= 4 is 14.1 Å². The summed E-state index contributed by atoms with van der Waals surface area (Å²) < 4.78 is 0. The predicted octanol–water partition coefficient (Wildman–Crippen LogP) is 3.43. The number of allylic oxidation sites excluding steroid dienone is 1. The summed E-state index contributed by atoms with van der Waals surface area (Å²) in [6.07, 6.45) is 8.11. The Hall–Kier alpha value is -0.893. The summed E-state index contributed by atoms with van der Waals surface area (Å²) in [6.45, 7) is 7.14. The van der Waals surface area contributed by atoms with Gasteiger partial charge in [-0.2, -0.15) is 0 Å². The largest absolute Gasteiger partial charge is 0.265 e. The van der Waals surface area contributed by atoms with Gasteiger partial charge in [0.25, 0.3) is 0 Å². The van der Waals surface area contributed by atoms with Crippen LogP contribution in [0.25, 0.3) is 6.08 Å². The molecule has 0 radical (unpaired) electrons. The zero-order chi connectivity index (χ0) is 9.73. The lowest BCUT2D eigenvalue weighted by atomic mass is 10.2. The maximum atomic E-state index is 3.98. The minimum atomic E-state index is -0.914. The lowest BCUT2D eigenvalue weighted by Crippen LogP contribution is -2.17. The number of rotatable bonds is 3. The molecule has 1 nitrogen and oxygen atoms in total. The molecule has 1 aromatic rings. The number of hydrogen-bond acceptors (Lipinski definition) is 1. The topological polar surface area (TPSA) is 12.9 Å². The summed E-state index contributed by atoms with van der Waals surface area (Å²) in [5, 5.41) is 0. The molecule has 0 aliphatic carbocycles. The van der Waals surface area contributed by atoms with Gasteiger partial charge in [0.2, 0.25) is 0 Å². The minimum Gasteiger partial charge on any atom is -0.265 e. The van der Waals surface area contributed by atoms with Crippen molar-refractivity contribution in [1.29, 1.82) is 0 Å². The van der Waals surface area contributed by atoms with Gasteiger partial charge in [0.05, 0.1) is 0 Å². The Balaban J connectivity index is 2.51. The molecule has 1 rings (SSSR count). The van der Waals surface area contributed by atoms with E-state index in [9.17, 15) is 0 Å². The van der Waals surface area contributed by atoms with Crippen molar-refractivity contribution in [2.75, 3.05) is 0 Å². The molecule has 1 heterocycles. The van der Waals surface area contributed by atoms with E-state index in [-0.39, 0.29) is 0 Å². The molecule has 0 fully saturated rings. The average molecular weight is 191 g/mol. The van der Waals surface area contributed by atoms with Crippen molar-refractivity contribution in [3.8, 4) is 0 Å². The van der Waals surface area contributed by atoms with Crippen LogP contribution in [0, 0.1) is 0 Å². The Morgan fingerprint density at radius 3 is 2.38 bits per heavy atom. The van der Waals surface area contributed by atoms with E-state index in [4.69, 9.17) is 0 Å². The van der Waals surface area contributed by atoms with E-state index in [0.29, 0.717) is 0 Å². The Morgan fingerprint density at radius 1 is 1.23 bits per heavy atom. The lowest BCUT2D eigenvalue weighted by Gasteiger charge is -2.11. The molecule has 0 aromatic carbocycles. The average Bonchev–Trinajstić information content (AvgIpc) is 2.04. The normalized spacial score (nSPS) is 12.2. The van der Waals surface area contributed by atoms with Crippen molar-refractivity contribution in [2.24, 2.45) is 0 Å². The number of aromatic nitrogens is 1. The van der Waals surface area contributed by atoms with E-state index in [0.717, 1.165) is 0 Å². The first kappa shape index (κ1) is 10.2. The first-order valence-electron chi connectivity index (χ1n) is 4.64. The number of nitrogens with zero attached hydrogens (tertiary/aromatic N) is 1. The van der Waals surface area contributed by atoms with E-state index in [1.165, 1.54) is 11.6 Å². The highest BCUT2D eigenvalue weighted by atomic mass is 28.3. The van der Waals surface area contributed by atoms with E-state index >= 15 is 0 Å². The second kappa shape index (κ2) is 4.37. The molecule has 0 saturated heterocycles. The molecule has 0 saturated carbocycles. The predicted molar refractivity (Wildman–Crippen MR) is 61.4 cm³/mol. The van der Waals surface area contributed by atoms with Crippen molar-refractivity contribution < 1.29 is 0 Å². The van der Waals surface area contributed by atoms with Gasteiger partial charge in [-0.3, -0.25) is 4.98 Å².